The van der Waals surface area contributed by atoms with Gasteiger partial charge in [-0.15, -0.1) is 20.5 Å². The van der Waals surface area contributed by atoms with Crippen molar-refractivity contribution in [3.8, 4) is 0 Å². The number of rotatable bonds is 0. The molecule has 0 spiro atoms. The first-order chi connectivity index (χ1) is 7.79. The summed E-state index contributed by atoms with van der Waals surface area (Å²) < 4.78 is 67.9. The van der Waals surface area contributed by atoms with Crippen LogP contribution in [0, 0.1) is 20.5 Å². The largest absolute Gasteiger partial charge is 0.412 e. The molecule has 1 aliphatic rings. The molecule has 0 aromatic heterocycles. The molecule has 1 heterocycles. The number of hydrogen-bond donors (Lipinski definition) is 2. The zero-order chi connectivity index (χ0) is 15.0. The molecule has 20 heavy (non-hydrogen) atoms. The van der Waals surface area contributed by atoms with E-state index in [1.165, 1.54) is 13.1 Å². The van der Waals surface area contributed by atoms with Crippen LogP contribution in [0.15, 0.2) is 0 Å². The van der Waals surface area contributed by atoms with Gasteiger partial charge in [-0.2, -0.15) is 0 Å². The van der Waals surface area contributed by atoms with E-state index in [1.54, 1.807) is 0 Å². The van der Waals surface area contributed by atoms with E-state index in [2.05, 4.69) is 24.5 Å². The van der Waals surface area contributed by atoms with Crippen LogP contribution in [0.5, 0.6) is 0 Å². The summed E-state index contributed by atoms with van der Waals surface area (Å²) in [5.41, 5.74) is 0. The summed E-state index contributed by atoms with van der Waals surface area (Å²) in [7, 11) is -9.89. The third-order valence-corrected chi connectivity index (χ3v) is 1.82. The monoisotopic (exact) mass is 350 g/mol. The van der Waals surface area contributed by atoms with Crippen LogP contribution in [-0.2, 0) is 0 Å². The number of hydrogen-bond acceptors (Lipinski definition) is 8. The van der Waals surface area contributed by atoms with Gasteiger partial charge in [-0.05, 0) is 13.8 Å². The van der Waals surface area contributed by atoms with Gasteiger partial charge >= 0.3 is 0 Å². The van der Waals surface area contributed by atoms with Crippen molar-refractivity contribution in [3.05, 3.63) is 0 Å². The van der Waals surface area contributed by atoms with Crippen LogP contribution in [0.25, 0.3) is 0 Å². The molecule has 0 saturated carbocycles. The second-order valence-electron chi connectivity index (χ2n) is 3.65. The molecule has 0 aromatic rings. The molecule has 2 atom stereocenters. The minimum atomic E-state index is -4.94. The summed E-state index contributed by atoms with van der Waals surface area (Å²) >= 11 is 0. The van der Waals surface area contributed by atoms with Crippen LogP contribution in [-0.4, -0.2) is 36.1 Å². The third-order valence-electron chi connectivity index (χ3n) is 1.82. The summed E-state index contributed by atoms with van der Waals surface area (Å²) in [6.45, 7) is 7.15. The molecule has 0 unspecified atom stereocenters. The fraction of sp³-hybridized carbons (Fsp3) is 1.00. The molecule has 12 nitrogen and oxygen atoms in total. The lowest BCUT2D eigenvalue weighted by atomic mass is 10.2. The zero-order valence-electron chi connectivity index (χ0n) is 10.7. The normalized spacial score (nSPS) is 21.9. The third kappa shape index (κ3) is 51.9. The van der Waals surface area contributed by atoms with E-state index < -0.39 is 20.5 Å². The summed E-state index contributed by atoms with van der Waals surface area (Å²) in [4.78, 5) is 0. The highest BCUT2D eigenvalue weighted by atomic mass is 35.7. The molecule has 0 aromatic carbocycles. The minimum absolute atomic E-state index is 0. The Morgan fingerprint density at radius 3 is 0.900 bits per heavy atom. The number of nitrogens with two attached hydrogens (primary N) is 2. The van der Waals surface area contributed by atoms with Gasteiger partial charge in [0, 0.05) is 0 Å². The fourth-order valence-corrected chi connectivity index (χ4v) is 1.09. The van der Waals surface area contributed by atoms with Crippen molar-refractivity contribution in [3.63, 3.8) is 0 Å². The summed E-state index contributed by atoms with van der Waals surface area (Å²) in [5.74, 6) is 0. The molecular formula is C6H20Cl2N2O10. The summed E-state index contributed by atoms with van der Waals surface area (Å²) in [5, 5.41) is 4.84. The Balaban J connectivity index is -0.0000000960. The fourth-order valence-electron chi connectivity index (χ4n) is 1.09. The summed E-state index contributed by atoms with van der Waals surface area (Å²) in [6, 6.07) is 1.68. The SMILES string of the molecule is C[C@@H]1C[NH2+][C@@H](C)C[NH2+]1.O.O.[O-][Cl+3]([O-])([O-])[O-].[O-][Cl+3]([O-])([O-])[O-]. The Labute approximate surface area is 119 Å². The topological polar surface area (TPSA) is 281 Å². The molecule has 0 aliphatic carbocycles. The van der Waals surface area contributed by atoms with E-state index in [0.29, 0.717) is 0 Å². The van der Waals surface area contributed by atoms with Crippen LogP contribution in [0.1, 0.15) is 13.8 Å². The van der Waals surface area contributed by atoms with E-state index in [1.807, 2.05) is 0 Å². The Morgan fingerprint density at radius 1 is 0.650 bits per heavy atom. The Hall–Kier alpha value is 0.1000. The van der Waals surface area contributed by atoms with Gasteiger partial charge in [-0.1, -0.05) is 0 Å². The van der Waals surface area contributed by atoms with Crippen LogP contribution >= 0.6 is 0 Å². The molecule has 128 valence electrons. The highest BCUT2D eigenvalue weighted by molar-refractivity contribution is 4.47. The standard InChI is InChI=1S/C6H14N2.2ClHO4.2H2O/c1-5-3-8-6(2)4-7-5;2*2-1(3,4)5;;/h5-8H,3-4H2,1-2H3;2*(H,2,3,4,5);2*1H2/t5-,6+;;;;. The maximum Gasteiger partial charge on any atom is 0.133 e. The second kappa shape index (κ2) is 12.8. The molecular weight excluding hydrogens is 331 g/mol. The minimum Gasteiger partial charge on any atom is -0.412 e. The van der Waals surface area contributed by atoms with Gasteiger partial charge in [0.15, 0.2) is 0 Å². The highest BCUT2D eigenvalue weighted by Crippen LogP contribution is 1.71. The number of piperazine rings is 1. The van der Waals surface area contributed by atoms with Crippen molar-refractivity contribution in [2.45, 2.75) is 25.9 Å². The molecule has 8 N–H and O–H groups in total. The van der Waals surface area contributed by atoms with E-state index >= 15 is 0 Å². The molecule has 1 fully saturated rings. The smallest absolute Gasteiger partial charge is 0.133 e. The first-order valence-corrected chi connectivity index (χ1v) is 7.16. The lowest BCUT2D eigenvalue weighted by molar-refractivity contribution is -2.00. The van der Waals surface area contributed by atoms with E-state index in [9.17, 15) is 0 Å². The van der Waals surface area contributed by atoms with Gasteiger partial charge in [0.05, 0.1) is 0 Å². The molecule has 1 rings (SSSR count). The van der Waals surface area contributed by atoms with Crippen molar-refractivity contribution >= 4 is 0 Å². The van der Waals surface area contributed by atoms with E-state index in [-0.39, 0.29) is 11.0 Å². The van der Waals surface area contributed by atoms with Crippen LogP contribution in [0.2, 0.25) is 0 Å². The van der Waals surface area contributed by atoms with Gasteiger partial charge in [-0.3, -0.25) is 0 Å². The Bertz CT molecular complexity index is 169. The second-order valence-corrected chi connectivity index (χ2v) is 5.17. The molecule has 0 bridgehead atoms. The molecule has 1 aliphatic heterocycles. The van der Waals surface area contributed by atoms with Crippen molar-refractivity contribution < 1.29 is 79.3 Å². The van der Waals surface area contributed by atoms with Crippen molar-refractivity contribution in [1.29, 1.82) is 0 Å². The predicted molar refractivity (Wildman–Crippen MR) is 39.7 cm³/mol. The van der Waals surface area contributed by atoms with Crippen LogP contribution in [0.3, 0.4) is 0 Å². The Kier molecular flexibility index (Phi) is 18.1. The summed E-state index contributed by atoms with van der Waals surface area (Å²) in [6.07, 6.45) is 0. The van der Waals surface area contributed by atoms with Gasteiger partial charge in [0.25, 0.3) is 0 Å². The highest BCUT2D eigenvalue weighted by Gasteiger charge is 2.18. The number of quaternary nitrogens is 2. The van der Waals surface area contributed by atoms with E-state index in [0.717, 1.165) is 12.1 Å². The van der Waals surface area contributed by atoms with Crippen molar-refractivity contribution in [1.82, 2.24) is 0 Å². The lowest BCUT2D eigenvalue weighted by Crippen LogP contribution is -3.10. The Morgan fingerprint density at radius 2 is 0.800 bits per heavy atom. The first kappa shape index (κ1) is 28.3. The lowest BCUT2D eigenvalue weighted by Gasteiger charge is -2.19. The zero-order valence-corrected chi connectivity index (χ0v) is 12.3. The average Bonchev–Trinajstić information content (AvgIpc) is 2.04. The molecule has 0 amide bonds. The van der Waals surface area contributed by atoms with Gasteiger partial charge in [0.2, 0.25) is 0 Å². The van der Waals surface area contributed by atoms with Crippen molar-refractivity contribution in [2.24, 2.45) is 0 Å². The molecule has 1 saturated heterocycles. The van der Waals surface area contributed by atoms with Gasteiger partial charge < -0.3 is 21.6 Å². The van der Waals surface area contributed by atoms with Gasteiger partial charge in [0.1, 0.15) is 25.2 Å². The van der Waals surface area contributed by atoms with Crippen molar-refractivity contribution in [2.75, 3.05) is 13.1 Å². The predicted octanol–water partition coefficient (Wildman–Crippen LogP) is -13.3. The van der Waals surface area contributed by atoms with Crippen LogP contribution in [0.4, 0.5) is 0 Å². The molecule has 14 heteroatoms. The van der Waals surface area contributed by atoms with Crippen LogP contribution < -0.4 is 47.9 Å². The number of halogens is 2. The molecule has 0 radical (unpaired) electrons. The average molecular weight is 351 g/mol. The first-order valence-electron chi connectivity index (χ1n) is 4.69. The quantitative estimate of drug-likeness (QED) is 0.421. The van der Waals surface area contributed by atoms with Gasteiger partial charge in [-0.25, -0.2) is 37.3 Å². The maximum atomic E-state index is 8.49. The van der Waals surface area contributed by atoms with E-state index in [4.69, 9.17) is 37.3 Å². The maximum absolute atomic E-state index is 8.49.